The van der Waals surface area contributed by atoms with Crippen molar-refractivity contribution in [1.29, 1.82) is 0 Å². The van der Waals surface area contributed by atoms with E-state index in [-0.39, 0.29) is 11.8 Å². The Morgan fingerprint density at radius 1 is 1.19 bits per heavy atom. The fourth-order valence-electron chi connectivity index (χ4n) is 1.78. The third-order valence-electron chi connectivity index (χ3n) is 2.97. The molecule has 2 aromatic rings. The van der Waals surface area contributed by atoms with Gasteiger partial charge < -0.3 is 0 Å². The molecule has 0 aliphatic heterocycles. The Morgan fingerprint density at radius 2 is 1.90 bits per heavy atom. The van der Waals surface area contributed by atoms with Crippen LogP contribution in [0.4, 0.5) is 0 Å². The standard InChI is InChI=1S/C16H14Cl2N2O/c1-11(12-5-3-2-4-6-12)10-19-20-16(21)14-8-7-13(17)9-15(14)18/h2-11H,1H3,(H,20,21)/b19-10-/t11-/m0/s1. The van der Waals surface area contributed by atoms with E-state index < -0.39 is 0 Å². The van der Waals surface area contributed by atoms with Crippen LogP contribution in [0.25, 0.3) is 0 Å². The molecule has 1 amide bonds. The molecule has 0 aliphatic carbocycles. The van der Waals surface area contributed by atoms with Crippen LogP contribution in [0.3, 0.4) is 0 Å². The molecule has 5 heteroatoms. The van der Waals surface area contributed by atoms with Crippen LogP contribution in [0.15, 0.2) is 53.6 Å². The summed E-state index contributed by atoms with van der Waals surface area (Å²) in [5, 5.41) is 4.75. The van der Waals surface area contributed by atoms with E-state index in [0.717, 1.165) is 5.56 Å². The summed E-state index contributed by atoms with van der Waals surface area (Å²) in [6.45, 7) is 2.00. The van der Waals surface area contributed by atoms with Gasteiger partial charge in [0.15, 0.2) is 0 Å². The molecule has 0 spiro atoms. The van der Waals surface area contributed by atoms with Crippen molar-refractivity contribution >= 4 is 35.3 Å². The summed E-state index contributed by atoms with van der Waals surface area (Å²) in [5.74, 6) is -0.264. The lowest BCUT2D eigenvalue weighted by molar-refractivity contribution is 0.0955. The molecule has 1 atom stereocenters. The second kappa shape index (κ2) is 7.25. The Balaban J connectivity index is 1.99. The van der Waals surface area contributed by atoms with E-state index in [2.05, 4.69) is 10.5 Å². The smallest absolute Gasteiger partial charge is 0.267 e. The van der Waals surface area contributed by atoms with Crippen molar-refractivity contribution in [1.82, 2.24) is 5.43 Å². The minimum absolute atomic E-state index is 0.104. The summed E-state index contributed by atoms with van der Waals surface area (Å²) in [5.41, 5.74) is 3.93. The largest absolute Gasteiger partial charge is 0.272 e. The molecule has 2 rings (SSSR count). The quantitative estimate of drug-likeness (QED) is 0.653. The zero-order chi connectivity index (χ0) is 15.2. The predicted octanol–water partition coefficient (Wildman–Crippen LogP) is 4.51. The number of nitrogens with one attached hydrogen (secondary N) is 1. The zero-order valence-corrected chi connectivity index (χ0v) is 12.9. The van der Waals surface area contributed by atoms with Crippen molar-refractivity contribution in [3.63, 3.8) is 0 Å². The van der Waals surface area contributed by atoms with Gasteiger partial charge in [-0.05, 0) is 23.8 Å². The van der Waals surface area contributed by atoms with Crippen LogP contribution >= 0.6 is 23.2 Å². The molecule has 0 saturated carbocycles. The fraction of sp³-hybridized carbons (Fsp3) is 0.125. The number of carbonyl (C=O) groups is 1. The topological polar surface area (TPSA) is 41.5 Å². The molecule has 2 aromatic carbocycles. The summed E-state index contributed by atoms with van der Waals surface area (Å²) in [4.78, 5) is 11.9. The van der Waals surface area contributed by atoms with E-state index in [1.54, 1.807) is 18.3 Å². The van der Waals surface area contributed by atoms with Gasteiger partial charge in [-0.25, -0.2) is 5.43 Å². The lowest BCUT2D eigenvalue weighted by Gasteiger charge is -2.06. The number of rotatable bonds is 4. The van der Waals surface area contributed by atoms with Gasteiger partial charge in [0.05, 0.1) is 10.6 Å². The van der Waals surface area contributed by atoms with Crippen LogP contribution in [0, 0.1) is 0 Å². The molecule has 0 radical (unpaired) electrons. The number of hydrazone groups is 1. The first kappa shape index (κ1) is 15.5. The number of hydrogen-bond acceptors (Lipinski definition) is 2. The first-order valence-corrected chi connectivity index (χ1v) is 7.17. The van der Waals surface area contributed by atoms with E-state index >= 15 is 0 Å². The maximum Gasteiger partial charge on any atom is 0.272 e. The third kappa shape index (κ3) is 4.31. The molecule has 3 nitrogen and oxygen atoms in total. The summed E-state index contributed by atoms with van der Waals surface area (Å²) < 4.78 is 0. The Morgan fingerprint density at radius 3 is 2.57 bits per heavy atom. The van der Waals surface area contributed by atoms with Gasteiger partial charge in [0.25, 0.3) is 5.91 Å². The van der Waals surface area contributed by atoms with Crippen LogP contribution in [0.1, 0.15) is 28.8 Å². The van der Waals surface area contributed by atoms with Gasteiger partial charge >= 0.3 is 0 Å². The second-order valence-electron chi connectivity index (χ2n) is 4.54. The van der Waals surface area contributed by atoms with Crippen molar-refractivity contribution in [3.05, 3.63) is 69.7 Å². The van der Waals surface area contributed by atoms with Gasteiger partial charge in [0, 0.05) is 17.2 Å². The fourth-order valence-corrected chi connectivity index (χ4v) is 2.28. The van der Waals surface area contributed by atoms with Crippen molar-refractivity contribution in [2.45, 2.75) is 12.8 Å². The monoisotopic (exact) mass is 320 g/mol. The molecule has 0 heterocycles. The Bertz CT molecular complexity index is 657. The molecule has 0 unspecified atom stereocenters. The third-order valence-corrected chi connectivity index (χ3v) is 3.51. The SMILES string of the molecule is C[C@@H](/C=N\NC(=O)c1ccc(Cl)cc1Cl)c1ccccc1. The number of carbonyl (C=O) groups excluding carboxylic acids is 1. The molecule has 0 aliphatic rings. The highest BCUT2D eigenvalue weighted by Gasteiger charge is 2.09. The van der Waals surface area contributed by atoms with Crippen LogP contribution < -0.4 is 5.43 Å². The molecule has 0 bridgehead atoms. The van der Waals surface area contributed by atoms with Gasteiger partial charge in [0.1, 0.15) is 0 Å². The van der Waals surface area contributed by atoms with Crippen LogP contribution in [0.2, 0.25) is 10.0 Å². The van der Waals surface area contributed by atoms with Crippen molar-refractivity contribution in [2.75, 3.05) is 0 Å². The first-order valence-electron chi connectivity index (χ1n) is 6.41. The van der Waals surface area contributed by atoms with Crippen LogP contribution in [-0.4, -0.2) is 12.1 Å². The molecule has 0 aromatic heterocycles. The predicted molar refractivity (Wildman–Crippen MR) is 87.3 cm³/mol. The molecule has 0 saturated heterocycles. The average Bonchev–Trinajstić information content (AvgIpc) is 2.47. The molecule has 0 fully saturated rings. The molecule has 1 N–H and O–H groups in total. The number of amides is 1. The van der Waals surface area contributed by atoms with Crippen molar-refractivity contribution in [3.8, 4) is 0 Å². The average molecular weight is 321 g/mol. The minimum atomic E-state index is -0.367. The normalized spacial score (nSPS) is 12.3. The van der Waals surface area contributed by atoms with Crippen LogP contribution in [0.5, 0.6) is 0 Å². The lowest BCUT2D eigenvalue weighted by atomic mass is 10.0. The summed E-state index contributed by atoms with van der Waals surface area (Å²) in [7, 11) is 0. The van der Waals surface area contributed by atoms with Crippen molar-refractivity contribution in [2.24, 2.45) is 5.10 Å². The van der Waals surface area contributed by atoms with Gasteiger partial charge in [-0.3, -0.25) is 4.79 Å². The number of benzene rings is 2. The molecule has 108 valence electrons. The van der Waals surface area contributed by atoms with E-state index in [1.807, 2.05) is 37.3 Å². The maximum absolute atomic E-state index is 11.9. The Labute approximate surface area is 133 Å². The van der Waals surface area contributed by atoms with E-state index in [0.29, 0.717) is 15.6 Å². The highest BCUT2D eigenvalue weighted by Crippen LogP contribution is 2.20. The van der Waals surface area contributed by atoms with E-state index in [9.17, 15) is 4.79 Å². The zero-order valence-electron chi connectivity index (χ0n) is 11.4. The van der Waals surface area contributed by atoms with Crippen molar-refractivity contribution < 1.29 is 4.79 Å². The highest BCUT2D eigenvalue weighted by molar-refractivity contribution is 6.36. The Hall–Kier alpha value is -1.84. The maximum atomic E-state index is 11.9. The van der Waals surface area contributed by atoms with Gasteiger partial charge in [-0.15, -0.1) is 0 Å². The molecule has 21 heavy (non-hydrogen) atoms. The van der Waals surface area contributed by atoms with E-state index in [4.69, 9.17) is 23.2 Å². The summed E-state index contributed by atoms with van der Waals surface area (Å²) in [6.07, 6.45) is 1.68. The van der Waals surface area contributed by atoms with E-state index in [1.165, 1.54) is 6.07 Å². The molecular formula is C16H14Cl2N2O. The lowest BCUT2D eigenvalue weighted by Crippen LogP contribution is -2.18. The summed E-state index contributed by atoms with van der Waals surface area (Å²) >= 11 is 11.8. The summed E-state index contributed by atoms with van der Waals surface area (Å²) in [6, 6.07) is 14.6. The van der Waals surface area contributed by atoms with Gasteiger partial charge in [-0.1, -0.05) is 60.5 Å². The number of halogens is 2. The van der Waals surface area contributed by atoms with Gasteiger partial charge in [-0.2, -0.15) is 5.10 Å². The number of hydrogen-bond donors (Lipinski definition) is 1. The minimum Gasteiger partial charge on any atom is -0.267 e. The first-order chi connectivity index (χ1) is 10.1. The van der Waals surface area contributed by atoms with Gasteiger partial charge in [0.2, 0.25) is 0 Å². The second-order valence-corrected chi connectivity index (χ2v) is 5.39. The molecular weight excluding hydrogens is 307 g/mol. The Kier molecular flexibility index (Phi) is 5.37. The highest BCUT2D eigenvalue weighted by atomic mass is 35.5. The van der Waals surface area contributed by atoms with Crippen LogP contribution in [-0.2, 0) is 0 Å². The number of nitrogens with zero attached hydrogens (tertiary/aromatic N) is 1.